The molecule has 0 aromatic carbocycles. The van der Waals surface area contributed by atoms with E-state index in [9.17, 15) is 5.11 Å². The second-order valence-electron chi connectivity index (χ2n) is 4.47. The van der Waals surface area contributed by atoms with Crippen LogP contribution in [0.5, 0.6) is 0 Å². The summed E-state index contributed by atoms with van der Waals surface area (Å²) in [4.78, 5) is 2.33. The maximum Gasteiger partial charge on any atom is 0.0862 e. The normalized spacial score (nSPS) is 17.9. The lowest BCUT2D eigenvalue weighted by Crippen LogP contribution is -2.36. The predicted octanol–water partition coefficient (Wildman–Crippen LogP) is 0.310. The summed E-state index contributed by atoms with van der Waals surface area (Å²) in [6, 6.07) is 0.697. The van der Waals surface area contributed by atoms with Gasteiger partial charge in [0, 0.05) is 18.8 Å². The minimum atomic E-state index is -0.375. The number of nitrogens with two attached hydrogens (primary N) is 1. The van der Waals surface area contributed by atoms with Gasteiger partial charge in [0.25, 0.3) is 0 Å². The van der Waals surface area contributed by atoms with Crippen LogP contribution in [0.4, 0.5) is 5.69 Å². The Bertz CT molecular complexity index is 334. The van der Waals surface area contributed by atoms with Crippen LogP contribution in [0, 0.1) is 0 Å². The van der Waals surface area contributed by atoms with Crippen molar-refractivity contribution >= 4 is 5.69 Å². The molecule has 5 nitrogen and oxygen atoms in total. The summed E-state index contributed by atoms with van der Waals surface area (Å²) in [7, 11) is 0. The third-order valence-corrected chi connectivity index (χ3v) is 2.97. The van der Waals surface area contributed by atoms with Crippen LogP contribution in [0.3, 0.4) is 0 Å². The smallest absolute Gasteiger partial charge is 0.0862 e. The summed E-state index contributed by atoms with van der Waals surface area (Å²) in [5.74, 6) is 0. The number of rotatable bonds is 6. The number of likely N-dealkylation sites (N-methyl/N-ethyl adjacent to an activating group) is 1. The fourth-order valence-electron chi connectivity index (χ4n) is 2.00. The molecular formula is C11H20N4O. The highest BCUT2D eigenvalue weighted by Crippen LogP contribution is 2.26. The number of aliphatic hydroxyl groups is 1. The molecule has 0 radical (unpaired) electrons. The Balaban J connectivity index is 1.80. The van der Waals surface area contributed by atoms with E-state index < -0.39 is 0 Å². The van der Waals surface area contributed by atoms with Crippen molar-refractivity contribution in [2.45, 2.75) is 38.5 Å². The van der Waals surface area contributed by atoms with E-state index in [0.29, 0.717) is 18.3 Å². The Morgan fingerprint density at radius 2 is 2.44 bits per heavy atom. The fraction of sp³-hybridized carbons (Fsp3) is 0.727. The van der Waals surface area contributed by atoms with Gasteiger partial charge in [-0.3, -0.25) is 9.58 Å². The molecule has 3 N–H and O–H groups in total. The standard InChI is InChI=1S/C11H20N4O/c1-2-14(10-3-4-10)7-11(16)8-15-6-9(12)5-13-15/h5-6,10-11,16H,2-4,7-8,12H2,1H3. The van der Waals surface area contributed by atoms with Gasteiger partial charge >= 0.3 is 0 Å². The molecule has 2 rings (SSSR count). The summed E-state index contributed by atoms with van der Waals surface area (Å²) in [6.45, 7) is 4.38. The number of hydrogen-bond donors (Lipinski definition) is 2. The molecule has 1 aliphatic rings. The average Bonchev–Trinajstić information content (AvgIpc) is 3.00. The zero-order valence-corrected chi connectivity index (χ0v) is 9.71. The van der Waals surface area contributed by atoms with E-state index >= 15 is 0 Å². The SMILES string of the molecule is CCN(CC(O)Cn1cc(N)cn1)C1CC1. The summed E-state index contributed by atoms with van der Waals surface area (Å²) < 4.78 is 1.70. The lowest BCUT2D eigenvalue weighted by atomic mass is 10.3. The number of anilines is 1. The van der Waals surface area contributed by atoms with Crippen molar-refractivity contribution < 1.29 is 5.11 Å². The Kier molecular flexibility index (Phi) is 3.46. The predicted molar refractivity (Wildman–Crippen MR) is 62.9 cm³/mol. The van der Waals surface area contributed by atoms with Gasteiger partial charge < -0.3 is 10.8 Å². The van der Waals surface area contributed by atoms with Crippen LogP contribution in [0.15, 0.2) is 12.4 Å². The fourth-order valence-corrected chi connectivity index (χ4v) is 2.00. The van der Waals surface area contributed by atoms with Gasteiger partial charge in [0.1, 0.15) is 0 Å². The highest BCUT2D eigenvalue weighted by Gasteiger charge is 2.28. The van der Waals surface area contributed by atoms with E-state index in [4.69, 9.17) is 5.73 Å². The summed E-state index contributed by atoms with van der Waals surface area (Å²) >= 11 is 0. The van der Waals surface area contributed by atoms with Crippen LogP contribution in [-0.2, 0) is 6.54 Å². The Labute approximate surface area is 95.8 Å². The highest BCUT2D eigenvalue weighted by molar-refractivity contribution is 5.30. The first-order chi connectivity index (χ1) is 7.69. The lowest BCUT2D eigenvalue weighted by molar-refractivity contribution is 0.0938. The van der Waals surface area contributed by atoms with Crippen molar-refractivity contribution in [1.82, 2.24) is 14.7 Å². The molecule has 0 saturated heterocycles. The molecule has 90 valence electrons. The van der Waals surface area contributed by atoms with E-state index in [1.807, 2.05) is 0 Å². The third kappa shape index (κ3) is 2.96. The maximum absolute atomic E-state index is 9.95. The molecule has 1 aromatic rings. The molecule has 0 bridgehead atoms. The van der Waals surface area contributed by atoms with E-state index in [1.165, 1.54) is 12.8 Å². The van der Waals surface area contributed by atoms with Crippen LogP contribution >= 0.6 is 0 Å². The molecule has 0 spiro atoms. The summed E-state index contributed by atoms with van der Waals surface area (Å²) in [5, 5.41) is 14.0. The number of nitrogen functional groups attached to an aromatic ring is 1. The quantitative estimate of drug-likeness (QED) is 0.730. The van der Waals surface area contributed by atoms with Crippen LogP contribution < -0.4 is 5.73 Å². The molecule has 16 heavy (non-hydrogen) atoms. The first-order valence-electron chi connectivity index (χ1n) is 5.89. The van der Waals surface area contributed by atoms with Gasteiger partial charge in [-0.2, -0.15) is 5.10 Å². The zero-order chi connectivity index (χ0) is 11.5. The highest BCUT2D eigenvalue weighted by atomic mass is 16.3. The molecule has 1 atom stereocenters. The maximum atomic E-state index is 9.95. The number of nitrogens with zero attached hydrogens (tertiary/aromatic N) is 3. The molecular weight excluding hydrogens is 204 g/mol. The van der Waals surface area contributed by atoms with Crippen molar-refractivity contribution in [3.05, 3.63) is 12.4 Å². The molecule has 1 unspecified atom stereocenters. The number of aromatic nitrogens is 2. The van der Waals surface area contributed by atoms with Gasteiger partial charge in [0.05, 0.1) is 24.5 Å². The average molecular weight is 224 g/mol. The summed E-state index contributed by atoms with van der Waals surface area (Å²) in [5.41, 5.74) is 6.21. The molecule has 5 heteroatoms. The van der Waals surface area contributed by atoms with Gasteiger partial charge in [-0.05, 0) is 19.4 Å². The second kappa shape index (κ2) is 4.84. The van der Waals surface area contributed by atoms with Crippen molar-refractivity contribution in [1.29, 1.82) is 0 Å². The van der Waals surface area contributed by atoms with Crippen LogP contribution in [0.25, 0.3) is 0 Å². The molecule has 1 saturated carbocycles. The van der Waals surface area contributed by atoms with Crippen molar-refractivity contribution in [2.75, 3.05) is 18.8 Å². The Morgan fingerprint density at radius 3 is 2.94 bits per heavy atom. The molecule has 0 aliphatic heterocycles. The molecule has 1 aromatic heterocycles. The first-order valence-corrected chi connectivity index (χ1v) is 5.89. The Hall–Kier alpha value is -1.07. The molecule has 1 aliphatic carbocycles. The van der Waals surface area contributed by atoms with Gasteiger partial charge in [-0.15, -0.1) is 0 Å². The third-order valence-electron chi connectivity index (χ3n) is 2.97. The topological polar surface area (TPSA) is 67.3 Å². The Morgan fingerprint density at radius 1 is 1.69 bits per heavy atom. The van der Waals surface area contributed by atoms with Crippen LogP contribution in [0.1, 0.15) is 19.8 Å². The molecule has 1 fully saturated rings. The summed E-state index contributed by atoms with van der Waals surface area (Å²) in [6.07, 6.45) is 5.52. The zero-order valence-electron chi connectivity index (χ0n) is 9.71. The van der Waals surface area contributed by atoms with Gasteiger partial charge in [0.15, 0.2) is 0 Å². The lowest BCUT2D eigenvalue weighted by Gasteiger charge is -2.23. The minimum Gasteiger partial charge on any atom is -0.396 e. The number of aliphatic hydroxyl groups excluding tert-OH is 1. The van der Waals surface area contributed by atoms with E-state index in [1.54, 1.807) is 17.1 Å². The second-order valence-corrected chi connectivity index (χ2v) is 4.47. The molecule has 1 heterocycles. The van der Waals surface area contributed by atoms with Crippen molar-refractivity contribution in [3.8, 4) is 0 Å². The van der Waals surface area contributed by atoms with Gasteiger partial charge in [-0.1, -0.05) is 6.92 Å². The van der Waals surface area contributed by atoms with Crippen molar-refractivity contribution in [3.63, 3.8) is 0 Å². The first kappa shape index (κ1) is 11.4. The monoisotopic (exact) mass is 224 g/mol. The van der Waals surface area contributed by atoms with E-state index in [-0.39, 0.29) is 6.10 Å². The van der Waals surface area contributed by atoms with E-state index in [0.717, 1.165) is 13.1 Å². The van der Waals surface area contributed by atoms with Gasteiger partial charge in [-0.25, -0.2) is 0 Å². The van der Waals surface area contributed by atoms with Crippen molar-refractivity contribution in [2.24, 2.45) is 0 Å². The number of hydrogen-bond acceptors (Lipinski definition) is 4. The minimum absolute atomic E-state index is 0.375. The molecule has 0 amide bonds. The van der Waals surface area contributed by atoms with Crippen LogP contribution in [-0.4, -0.2) is 45.0 Å². The largest absolute Gasteiger partial charge is 0.396 e. The van der Waals surface area contributed by atoms with E-state index in [2.05, 4.69) is 16.9 Å². The van der Waals surface area contributed by atoms with Crippen LogP contribution in [0.2, 0.25) is 0 Å². The van der Waals surface area contributed by atoms with Gasteiger partial charge in [0.2, 0.25) is 0 Å².